The lowest BCUT2D eigenvalue weighted by molar-refractivity contribution is -0.149. The van der Waals surface area contributed by atoms with E-state index < -0.39 is 0 Å². The summed E-state index contributed by atoms with van der Waals surface area (Å²) in [6.07, 6.45) is 7.52. The van der Waals surface area contributed by atoms with Crippen LogP contribution in [0.1, 0.15) is 72.6 Å². The van der Waals surface area contributed by atoms with Crippen LogP contribution >= 0.6 is 0 Å². The van der Waals surface area contributed by atoms with E-state index in [2.05, 4.69) is 49.4 Å². The van der Waals surface area contributed by atoms with Crippen molar-refractivity contribution >= 4 is 11.8 Å². The molecule has 4 fully saturated rings. The van der Waals surface area contributed by atoms with Crippen molar-refractivity contribution in [3.8, 4) is 0 Å². The van der Waals surface area contributed by atoms with Crippen molar-refractivity contribution in [2.45, 2.75) is 109 Å². The molecule has 0 aliphatic carbocycles. The van der Waals surface area contributed by atoms with Gasteiger partial charge in [-0.05, 0) is 72.8 Å². The third-order valence-electron chi connectivity index (χ3n) is 8.31. The van der Waals surface area contributed by atoms with E-state index in [9.17, 15) is 9.59 Å². The maximum Gasteiger partial charge on any atom is 0.228 e. The molecule has 27 heavy (non-hydrogen) atoms. The smallest absolute Gasteiger partial charge is 0.228 e. The summed E-state index contributed by atoms with van der Waals surface area (Å²) >= 11 is 0. The largest absolute Gasteiger partial charge is 0.337 e. The van der Waals surface area contributed by atoms with Gasteiger partial charge in [0.2, 0.25) is 11.8 Å². The van der Waals surface area contributed by atoms with Crippen LogP contribution in [0.2, 0.25) is 0 Å². The highest BCUT2D eigenvalue weighted by Crippen LogP contribution is 2.48. The fourth-order valence-corrected chi connectivity index (χ4v) is 6.82. The number of hydrogen-bond donors (Lipinski definition) is 0. The van der Waals surface area contributed by atoms with Crippen LogP contribution in [0.4, 0.5) is 0 Å². The van der Waals surface area contributed by atoms with E-state index >= 15 is 0 Å². The Balaban J connectivity index is 1.63. The predicted molar refractivity (Wildman–Crippen MR) is 106 cm³/mol. The lowest BCUT2D eigenvalue weighted by atomic mass is 9.77. The fourth-order valence-electron chi connectivity index (χ4n) is 6.82. The molecule has 0 aromatic heterocycles. The Bertz CT molecular complexity index is 598. The third kappa shape index (κ3) is 2.83. The van der Waals surface area contributed by atoms with Crippen LogP contribution in [0.3, 0.4) is 0 Å². The number of carbonyl (C=O) groups excluding carboxylic acids is 2. The van der Waals surface area contributed by atoms with E-state index in [1.54, 1.807) is 0 Å². The van der Waals surface area contributed by atoms with Gasteiger partial charge in [0.05, 0.1) is 11.8 Å². The second-order valence-electron chi connectivity index (χ2n) is 9.68. The van der Waals surface area contributed by atoms with Gasteiger partial charge in [-0.15, -0.1) is 0 Å². The predicted octanol–water partition coefficient (Wildman–Crippen LogP) is 2.88. The molecule has 2 bridgehead atoms. The molecule has 5 nitrogen and oxygen atoms in total. The molecular formula is C22H37N3O2. The average Bonchev–Trinajstić information content (AvgIpc) is 3.37. The van der Waals surface area contributed by atoms with Crippen LogP contribution in [-0.2, 0) is 9.59 Å². The minimum absolute atomic E-state index is 0.143. The second-order valence-corrected chi connectivity index (χ2v) is 9.68. The van der Waals surface area contributed by atoms with Crippen LogP contribution in [0.25, 0.3) is 0 Å². The first kappa shape index (κ1) is 19.2. The molecule has 0 saturated carbocycles. The third-order valence-corrected chi connectivity index (χ3v) is 8.31. The first-order valence-electron chi connectivity index (χ1n) is 11.2. The number of carbonyl (C=O) groups is 2. The highest BCUT2D eigenvalue weighted by molar-refractivity contribution is 5.90. The standard InChI is InChI=1S/C22H37N3O2/c1-6-16-10-9-15(4)25(16)22(27)20-18-12-11-17(23(18)5)19(20)21(26)24-13(2)7-8-14(24)3/h13-20H,6-12H2,1-5H3. The molecule has 8 unspecified atom stereocenters. The number of hydrogen-bond acceptors (Lipinski definition) is 3. The Morgan fingerprint density at radius 3 is 1.70 bits per heavy atom. The summed E-state index contributed by atoms with van der Waals surface area (Å²) in [5.74, 6) is 0.235. The Morgan fingerprint density at radius 2 is 1.19 bits per heavy atom. The molecule has 4 heterocycles. The Labute approximate surface area is 164 Å². The highest BCUT2D eigenvalue weighted by atomic mass is 16.2. The van der Waals surface area contributed by atoms with E-state index in [0.29, 0.717) is 24.2 Å². The van der Waals surface area contributed by atoms with E-state index in [1.807, 2.05) is 0 Å². The lowest BCUT2D eigenvalue weighted by Crippen LogP contribution is -2.53. The molecule has 4 aliphatic heterocycles. The number of nitrogens with zero attached hydrogens (tertiary/aromatic N) is 3. The zero-order valence-corrected chi connectivity index (χ0v) is 17.7. The molecule has 0 aromatic carbocycles. The van der Waals surface area contributed by atoms with E-state index in [4.69, 9.17) is 0 Å². The van der Waals surface area contributed by atoms with Crippen molar-refractivity contribution in [3.63, 3.8) is 0 Å². The number of amides is 2. The Morgan fingerprint density at radius 1 is 0.741 bits per heavy atom. The maximum atomic E-state index is 13.8. The van der Waals surface area contributed by atoms with Crippen molar-refractivity contribution in [1.29, 1.82) is 0 Å². The van der Waals surface area contributed by atoms with Crippen molar-refractivity contribution in [2.24, 2.45) is 11.8 Å². The molecule has 0 N–H and O–H groups in total. The van der Waals surface area contributed by atoms with Gasteiger partial charge in [-0.1, -0.05) is 6.92 Å². The summed E-state index contributed by atoms with van der Waals surface area (Å²) in [7, 11) is 2.14. The van der Waals surface area contributed by atoms with Gasteiger partial charge in [0.1, 0.15) is 0 Å². The zero-order valence-electron chi connectivity index (χ0n) is 17.7. The minimum atomic E-state index is -0.144. The second kappa shape index (κ2) is 7.06. The summed E-state index contributed by atoms with van der Waals surface area (Å²) in [6, 6.07) is 1.78. The Hall–Kier alpha value is -1.10. The maximum absolute atomic E-state index is 13.8. The van der Waals surface area contributed by atoms with Crippen molar-refractivity contribution < 1.29 is 9.59 Å². The van der Waals surface area contributed by atoms with Gasteiger partial charge < -0.3 is 9.80 Å². The van der Waals surface area contributed by atoms with Crippen LogP contribution in [0.5, 0.6) is 0 Å². The van der Waals surface area contributed by atoms with E-state index in [0.717, 1.165) is 44.9 Å². The summed E-state index contributed by atoms with van der Waals surface area (Å²) in [5, 5.41) is 0. The van der Waals surface area contributed by atoms with Gasteiger partial charge in [0.25, 0.3) is 0 Å². The molecule has 152 valence electrons. The topological polar surface area (TPSA) is 43.9 Å². The normalized spacial score (nSPS) is 44.5. The SMILES string of the molecule is CCC1CCC(C)N1C(=O)C1C(C(=O)N2C(C)CCC2C)C2CCC1N2C. The molecule has 0 aromatic rings. The molecule has 0 spiro atoms. The monoisotopic (exact) mass is 375 g/mol. The molecule has 4 rings (SSSR count). The van der Waals surface area contributed by atoms with Gasteiger partial charge in [-0.25, -0.2) is 0 Å². The van der Waals surface area contributed by atoms with Gasteiger partial charge in [-0.2, -0.15) is 0 Å². The quantitative estimate of drug-likeness (QED) is 0.762. The molecule has 4 aliphatic rings. The van der Waals surface area contributed by atoms with Crippen molar-refractivity contribution in [2.75, 3.05) is 7.05 Å². The van der Waals surface area contributed by atoms with E-state index in [1.165, 1.54) is 0 Å². The van der Waals surface area contributed by atoms with Crippen molar-refractivity contribution in [1.82, 2.24) is 14.7 Å². The fraction of sp³-hybridized carbons (Fsp3) is 0.909. The van der Waals surface area contributed by atoms with E-state index in [-0.39, 0.29) is 35.7 Å². The summed E-state index contributed by atoms with van der Waals surface area (Å²) < 4.78 is 0. The van der Waals surface area contributed by atoms with Gasteiger partial charge >= 0.3 is 0 Å². The van der Waals surface area contributed by atoms with Gasteiger partial charge in [-0.3, -0.25) is 14.5 Å². The zero-order chi connectivity index (χ0) is 19.5. The average molecular weight is 376 g/mol. The Kier molecular flexibility index (Phi) is 5.02. The van der Waals surface area contributed by atoms with Crippen LogP contribution < -0.4 is 0 Å². The number of fused-ring (bicyclic) bond motifs is 2. The summed E-state index contributed by atoms with van der Waals surface area (Å²) in [4.78, 5) is 34.1. The van der Waals surface area contributed by atoms with Crippen LogP contribution in [0.15, 0.2) is 0 Å². The molecule has 0 radical (unpaired) electrons. The summed E-state index contributed by atoms with van der Waals surface area (Å²) in [6.45, 7) is 8.72. The highest BCUT2D eigenvalue weighted by Gasteiger charge is 2.60. The molecule has 2 amide bonds. The lowest BCUT2D eigenvalue weighted by Gasteiger charge is -2.38. The van der Waals surface area contributed by atoms with Gasteiger partial charge in [0, 0.05) is 36.3 Å². The first-order chi connectivity index (χ1) is 12.9. The summed E-state index contributed by atoms with van der Waals surface area (Å²) in [5.41, 5.74) is 0. The molecule has 8 atom stereocenters. The molecule has 5 heteroatoms. The number of likely N-dealkylation sites (tertiary alicyclic amines) is 2. The minimum Gasteiger partial charge on any atom is -0.337 e. The first-order valence-corrected chi connectivity index (χ1v) is 11.2. The van der Waals surface area contributed by atoms with Crippen molar-refractivity contribution in [3.05, 3.63) is 0 Å². The number of rotatable bonds is 3. The van der Waals surface area contributed by atoms with Crippen LogP contribution in [-0.4, -0.2) is 69.8 Å². The van der Waals surface area contributed by atoms with Crippen LogP contribution in [0, 0.1) is 11.8 Å². The van der Waals surface area contributed by atoms with Gasteiger partial charge in [0.15, 0.2) is 0 Å². The molecule has 4 saturated heterocycles. The molecular weight excluding hydrogens is 338 g/mol.